The molecule has 2 rings (SSSR count). The normalized spacial score (nSPS) is 18.9. The Bertz CT molecular complexity index is 408. The predicted octanol–water partition coefficient (Wildman–Crippen LogP) is 3.17. The van der Waals surface area contributed by atoms with E-state index in [1.165, 1.54) is 29.3 Å². The fourth-order valence-corrected chi connectivity index (χ4v) is 3.90. The number of thiazole rings is 1. The lowest BCUT2D eigenvalue weighted by atomic mass is 10.2. The van der Waals surface area contributed by atoms with Gasteiger partial charge in [-0.15, -0.1) is 11.3 Å². The summed E-state index contributed by atoms with van der Waals surface area (Å²) in [4.78, 5) is 8.66. The lowest BCUT2D eigenvalue weighted by Crippen LogP contribution is -2.28. The summed E-state index contributed by atoms with van der Waals surface area (Å²) in [6.45, 7) is 8.20. The molecule has 1 aliphatic heterocycles. The molecule has 1 fully saturated rings. The SMILES string of the molecule is CCCNCc1sc(N2CCCC2CC)nc1COC. The molecule has 5 heteroatoms. The van der Waals surface area contributed by atoms with Gasteiger partial charge in [0.2, 0.25) is 0 Å². The molecule has 0 amide bonds. The minimum Gasteiger partial charge on any atom is -0.378 e. The van der Waals surface area contributed by atoms with E-state index in [1.54, 1.807) is 7.11 Å². The van der Waals surface area contributed by atoms with Gasteiger partial charge in [0.05, 0.1) is 12.3 Å². The van der Waals surface area contributed by atoms with Crippen LogP contribution < -0.4 is 10.2 Å². The Labute approximate surface area is 126 Å². The van der Waals surface area contributed by atoms with E-state index in [4.69, 9.17) is 9.72 Å². The third kappa shape index (κ3) is 3.71. The first-order valence-corrected chi connectivity index (χ1v) is 8.56. The first-order chi connectivity index (χ1) is 9.80. The number of ether oxygens (including phenoxy) is 1. The van der Waals surface area contributed by atoms with Crippen LogP contribution in [0.25, 0.3) is 0 Å². The van der Waals surface area contributed by atoms with E-state index in [0.29, 0.717) is 12.6 Å². The van der Waals surface area contributed by atoms with Gasteiger partial charge in [-0.1, -0.05) is 13.8 Å². The second kappa shape index (κ2) is 7.96. The summed E-state index contributed by atoms with van der Waals surface area (Å²) in [5.41, 5.74) is 1.11. The number of hydrogen-bond acceptors (Lipinski definition) is 5. The molecule has 0 aliphatic carbocycles. The molecule has 0 bridgehead atoms. The summed E-state index contributed by atoms with van der Waals surface area (Å²) in [5, 5.41) is 4.67. The predicted molar refractivity (Wildman–Crippen MR) is 85.5 cm³/mol. The highest BCUT2D eigenvalue weighted by Gasteiger charge is 2.26. The van der Waals surface area contributed by atoms with Crippen molar-refractivity contribution in [2.45, 2.75) is 58.7 Å². The Kier molecular flexibility index (Phi) is 6.26. The summed E-state index contributed by atoms with van der Waals surface area (Å²) in [6.07, 6.45) is 4.97. The Morgan fingerprint density at radius 2 is 2.30 bits per heavy atom. The lowest BCUT2D eigenvalue weighted by molar-refractivity contribution is 0.181. The van der Waals surface area contributed by atoms with E-state index < -0.39 is 0 Å². The van der Waals surface area contributed by atoms with Crippen LogP contribution in [-0.4, -0.2) is 31.2 Å². The van der Waals surface area contributed by atoms with Crippen molar-refractivity contribution in [3.05, 3.63) is 10.6 Å². The van der Waals surface area contributed by atoms with E-state index in [9.17, 15) is 0 Å². The maximum atomic E-state index is 5.30. The molecule has 1 atom stereocenters. The molecular formula is C15H27N3OS. The molecule has 1 N–H and O–H groups in total. The van der Waals surface area contributed by atoms with Crippen molar-refractivity contribution in [3.8, 4) is 0 Å². The summed E-state index contributed by atoms with van der Waals surface area (Å²) in [6, 6.07) is 0.674. The van der Waals surface area contributed by atoms with Gasteiger partial charge in [-0.25, -0.2) is 4.98 Å². The maximum Gasteiger partial charge on any atom is 0.186 e. The molecule has 4 nitrogen and oxygen atoms in total. The van der Waals surface area contributed by atoms with Crippen LogP contribution in [0.2, 0.25) is 0 Å². The van der Waals surface area contributed by atoms with Crippen LogP contribution in [0.1, 0.15) is 50.1 Å². The third-order valence-electron chi connectivity index (χ3n) is 3.85. The average Bonchev–Trinajstić information content (AvgIpc) is 3.06. The zero-order valence-electron chi connectivity index (χ0n) is 12.9. The molecule has 2 heterocycles. The number of hydrogen-bond donors (Lipinski definition) is 1. The van der Waals surface area contributed by atoms with Crippen LogP contribution in [0, 0.1) is 0 Å². The van der Waals surface area contributed by atoms with E-state index in [-0.39, 0.29) is 0 Å². The summed E-state index contributed by atoms with van der Waals surface area (Å²) in [5.74, 6) is 0. The average molecular weight is 297 g/mol. The second-order valence-corrected chi connectivity index (χ2v) is 6.44. The van der Waals surface area contributed by atoms with Crippen molar-refractivity contribution >= 4 is 16.5 Å². The monoisotopic (exact) mass is 297 g/mol. The molecule has 1 aromatic heterocycles. The number of methoxy groups -OCH3 is 1. The molecule has 0 radical (unpaired) electrons. The topological polar surface area (TPSA) is 37.4 Å². The van der Waals surface area contributed by atoms with Crippen molar-refractivity contribution in [2.24, 2.45) is 0 Å². The van der Waals surface area contributed by atoms with E-state index in [1.807, 2.05) is 11.3 Å². The molecule has 114 valence electrons. The summed E-state index contributed by atoms with van der Waals surface area (Å²) < 4.78 is 5.30. The number of anilines is 1. The van der Waals surface area contributed by atoms with E-state index in [2.05, 4.69) is 24.1 Å². The van der Waals surface area contributed by atoms with Gasteiger partial charge in [-0.3, -0.25) is 0 Å². The van der Waals surface area contributed by atoms with Gasteiger partial charge in [0, 0.05) is 31.1 Å². The summed E-state index contributed by atoms with van der Waals surface area (Å²) in [7, 11) is 1.74. The zero-order valence-corrected chi connectivity index (χ0v) is 13.8. The molecule has 0 spiro atoms. The highest BCUT2D eigenvalue weighted by Crippen LogP contribution is 2.33. The van der Waals surface area contributed by atoms with Crippen molar-refractivity contribution < 1.29 is 4.74 Å². The highest BCUT2D eigenvalue weighted by atomic mass is 32.1. The molecule has 1 aromatic rings. The molecule has 1 unspecified atom stereocenters. The van der Waals surface area contributed by atoms with Gasteiger partial charge in [0.15, 0.2) is 5.13 Å². The van der Waals surface area contributed by atoms with Crippen molar-refractivity contribution in [1.82, 2.24) is 10.3 Å². The van der Waals surface area contributed by atoms with Gasteiger partial charge in [0.25, 0.3) is 0 Å². The number of rotatable bonds is 8. The minimum absolute atomic E-state index is 0.615. The molecule has 0 saturated carbocycles. The molecule has 20 heavy (non-hydrogen) atoms. The standard InChI is InChI=1S/C15H27N3OS/c1-4-8-16-10-14-13(11-19-3)17-15(20-14)18-9-6-7-12(18)5-2/h12,16H,4-11H2,1-3H3. The third-order valence-corrected chi connectivity index (χ3v) is 4.99. The van der Waals surface area contributed by atoms with Gasteiger partial charge < -0.3 is 15.0 Å². The largest absolute Gasteiger partial charge is 0.378 e. The minimum atomic E-state index is 0.615. The van der Waals surface area contributed by atoms with Gasteiger partial charge in [-0.2, -0.15) is 0 Å². The zero-order chi connectivity index (χ0) is 14.4. The van der Waals surface area contributed by atoms with Crippen LogP contribution >= 0.6 is 11.3 Å². The number of aromatic nitrogens is 1. The van der Waals surface area contributed by atoms with Crippen molar-refractivity contribution in [1.29, 1.82) is 0 Å². The van der Waals surface area contributed by atoms with Gasteiger partial charge in [-0.05, 0) is 32.2 Å². The fourth-order valence-electron chi connectivity index (χ4n) is 2.77. The van der Waals surface area contributed by atoms with Gasteiger partial charge >= 0.3 is 0 Å². The Hall–Kier alpha value is -0.650. The number of nitrogens with zero attached hydrogens (tertiary/aromatic N) is 2. The highest BCUT2D eigenvalue weighted by molar-refractivity contribution is 7.15. The fraction of sp³-hybridized carbons (Fsp3) is 0.800. The smallest absolute Gasteiger partial charge is 0.186 e. The van der Waals surface area contributed by atoms with Crippen LogP contribution in [0.5, 0.6) is 0 Å². The lowest BCUT2D eigenvalue weighted by Gasteiger charge is -2.22. The second-order valence-electron chi connectivity index (χ2n) is 5.37. The van der Waals surface area contributed by atoms with Crippen LogP contribution in [0.15, 0.2) is 0 Å². The first kappa shape index (κ1) is 15.7. The van der Waals surface area contributed by atoms with E-state index >= 15 is 0 Å². The van der Waals surface area contributed by atoms with E-state index in [0.717, 1.165) is 31.7 Å². The van der Waals surface area contributed by atoms with Crippen LogP contribution in [0.3, 0.4) is 0 Å². The Balaban J connectivity index is 2.11. The molecule has 1 saturated heterocycles. The van der Waals surface area contributed by atoms with Crippen molar-refractivity contribution in [3.63, 3.8) is 0 Å². The van der Waals surface area contributed by atoms with Crippen molar-refractivity contribution in [2.75, 3.05) is 25.1 Å². The first-order valence-electron chi connectivity index (χ1n) is 7.75. The maximum absolute atomic E-state index is 5.30. The quantitative estimate of drug-likeness (QED) is 0.748. The van der Waals surface area contributed by atoms with Crippen LogP contribution in [-0.2, 0) is 17.9 Å². The molecule has 0 aromatic carbocycles. The molecule has 1 aliphatic rings. The summed E-state index contributed by atoms with van der Waals surface area (Å²) >= 11 is 1.84. The molecular weight excluding hydrogens is 270 g/mol. The Morgan fingerprint density at radius 3 is 3.00 bits per heavy atom. The number of nitrogens with one attached hydrogen (secondary N) is 1. The van der Waals surface area contributed by atoms with Gasteiger partial charge in [0.1, 0.15) is 0 Å². The van der Waals surface area contributed by atoms with Crippen LogP contribution in [0.4, 0.5) is 5.13 Å². The Morgan fingerprint density at radius 1 is 1.45 bits per heavy atom.